The second-order valence-electron chi connectivity index (χ2n) is 9.16. The molecule has 16 heteroatoms. The second kappa shape index (κ2) is 11.8. The lowest BCUT2D eigenvalue weighted by atomic mass is 10.1. The molecule has 0 spiro atoms. The van der Waals surface area contributed by atoms with Crippen molar-refractivity contribution in [1.82, 2.24) is 20.3 Å². The number of piperidine rings is 1. The van der Waals surface area contributed by atoms with Gasteiger partial charge in [-0.25, -0.2) is 45.3 Å². The van der Waals surface area contributed by atoms with Gasteiger partial charge in [0.25, 0.3) is 0 Å². The minimum Gasteiger partial charge on any atom is -0.435 e. The van der Waals surface area contributed by atoms with Crippen LogP contribution in [-0.2, 0) is 10.0 Å². The van der Waals surface area contributed by atoms with Crippen molar-refractivity contribution >= 4 is 21.7 Å². The van der Waals surface area contributed by atoms with E-state index in [9.17, 15) is 34.8 Å². The third-order valence-electron chi connectivity index (χ3n) is 5.73. The van der Waals surface area contributed by atoms with E-state index in [4.69, 9.17) is 4.74 Å². The number of ether oxygens (including phenoxy) is 1. The fourth-order valence-corrected chi connectivity index (χ4v) is 5.02. The predicted molar refractivity (Wildman–Crippen MR) is 134 cm³/mol. The SMILES string of the molecule is CC(F)(F)CCS(=O)(=O)Nc1c(F)cc(Oc2ncccc2-c2ccnc(NC3CNC[C@@H](F)C3)n2)c(F)c1F. The van der Waals surface area contributed by atoms with Gasteiger partial charge >= 0.3 is 0 Å². The molecule has 0 saturated carbocycles. The summed E-state index contributed by atoms with van der Waals surface area (Å²) < 4.78 is 115. The molecule has 40 heavy (non-hydrogen) atoms. The van der Waals surface area contributed by atoms with Crippen LogP contribution < -0.4 is 20.1 Å². The molecular weight excluding hydrogens is 566 g/mol. The lowest BCUT2D eigenvalue weighted by Crippen LogP contribution is -2.44. The number of nitrogens with one attached hydrogen (secondary N) is 3. The minimum atomic E-state index is -4.64. The number of aromatic nitrogens is 3. The van der Waals surface area contributed by atoms with Gasteiger partial charge in [0, 0.05) is 50.4 Å². The molecule has 1 aliphatic heterocycles. The van der Waals surface area contributed by atoms with Crippen molar-refractivity contribution < 1.29 is 39.5 Å². The van der Waals surface area contributed by atoms with Crippen molar-refractivity contribution in [2.24, 2.45) is 0 Å². The molecule has 1 unspecified atom stereocenters. The van der Waals surface area contributed by atoms with Gasteiger partial charge in [-0.3, -0.25) is 4.72 Å². The van der Waals surface area contributed by atoms with Gasteiger partial charge < -0.3 is 15.4 Å². The van der Waals surface area contributed by atoms with Crippen LogP contribution in [0.2, 0.25) is 0 Å². The van der Waals surface area contributed by atoms with Gasteiger partial charge in [0.15, 0.2) is 17.4 Å². The van der Waals surface area contributed by atoms with Crippen molar-refractivity contribution in [3.63, 3.8) is 0 Å². The zero-order valence-corrected chi connectivity index (χ0v) is 21.7. The summed E-state index contributed by atoms with van der Waals surface area (Å²) in [6, 6.07) is 4.58. The summed E-state index contributed by atoms with van der Waals surface area (Å²) >= 11 is 0. The second-order valence-corrected chi connectivity index (χ2v) is 11.0. The highest BCUT2D eigenvalue weighted by molar-refractivity contribution is 7.92. The average molecular weight is 591 g/mol. The van der Waals surface area contributed by atoms with Crippen LogP contribution in [0.5, 0.6) is 11.6 Å². The van der Waals surface area contributed by atoms with E-state index in [2.05, 4.69) is 25.6 Å². The Morgan fingerprint density at radius 2 is 1.90 bits per heavy atom. The lowest BCUT2D eigenvalue weighted by molar-refractivity contribution is 0.0189. The van der Waals surface area contributed by atoms with Gasteiger partial charge in [0.2, 0.25) is 33.6 Å². The first-order chi connectivity index (χ1) is 18.8. The van der Waals surface area contributed by atoms with Crippen molar-refractivity contribution in [2.45, 2.75) is 37.9 Å². The number of alkyl halides is 3. The highest BCUT2D eigenvalue weighted by Gasteiger charge is 2.28. The van der Waals surface area contributed by atoms with Crippen LogP contribution >= 0.6 is 0 Å². The van der Waals surface area contributed by atoms with Gasteiger partial charge in [-0.05, 0) is 25.1 Å². The van der Waals surface area contributed by atoms with E-state index >= 15 is 0 Å². The molecule has 1 saturated heterocycles. The highest BCUT2D eigenvalue weighted by atomic mass is 32.2. The summed E-state index contributed by atoms with van der Waals surface area (Å²) in [6.07, 6.45) is 0.762. The smallest absolute Gasteiger partial charge is 0.246 e. The molecule has 4 rings (SSSR count). The van der Waals surface area contributed by atoms with E-state index in [1.807, 2.05) is 0 Å². The highest BCUT2D eigenvalue weighted by Crippen LogP contribution is 2.36. The molecule has 1 aliphatic rings. The minimum absolute atomic E-state index is 0.161. The molecule has 2 aromatic heterocycles. The van der Waals surface area contributed by atoms with E-state index in [0.717, 1.165) is 0 Å². The third kappa shape index (κ3) is 7.50. The molecule has 1 fully saturated rings. The first-order valence-corrected chi connectivity index (χ1v) is 13.6. The number of halogens is 6. The molecular formula is C24H24F6N6O3S. The lowest BCUT2D eigenvalue weighted by Gasteiger charge is -2.26. The largest absolute Gasteiger partial charge is 0.435 e. The van der Waals surface area contributed by atoms with Crippen molar-refractivity contribution in [3.05, 3.63) is 54.1 Å². The molecule has 0 amide bonds. The Morgan fingerprint density at radius 1 is 1.12 bits per heavy atom. The molecule has 3 heterocycles. The molecule has 3 aromatic rings. The molecule has 1 aromatic carbocycles. The summed E-state index contributed by atoms with van der Waals surface area (Å²) in [7, 11) is -4.64. The van der Waals surface area contributed by atoms with Crippen molar-refractivity contribution in [1.29, 1.82) is 0 Å². The molecule has 0 radical (unpaired) electrons. The zero-order valence-electron chi connectivity index (χ0n) is 20.9. The Morgan fingerprint density at radius 3 is 2.62 bits per heavy atom. The summed E-state index contributed by atoms with van der Waals surface area (Å²) in [4.78, 5) is 12.4. The number of pyridine rings is 1. The molecule has 216 valence electrons. The van der Waals surface area contributed by atoms with Gasteiger partial charge in [-0.2, -0.15) is 4.39 Å². The summed E-state index contributed by atoms with van der Waals surface area (Å²) in [5, 5.41) is 5.96. The molecule has 2 atom stereocenters. The number of hydrogen-bond donors (Lipinski definition) is 3. The van der Waals surface area contributed by atoms with Crippen LogP contribution in [0.3, 0.4) is 0 Å². The fourth-order valence-electron chi connectivity index (χ4n) is 3.79. The molecule has 3 N–H and O–H groups in total. The zero-order chi connectivity index (χ0) is 29.1. The number of benzene rings is 1. The number of nitrogens with zero attached hydrogens (tertiary/aromatic N) is 3. The molecule has 0 bridgehead atoms. The molecule has 0 aliphatic carbocycles. The van der Waals surface area contributed by atoms with Crippen molar-refractivity contribution in [2.75, 3.05) is 28.9 Å². The number of rotatable bonds is 10. The van der Waals surface area contributed by atoms with Crippen LogP contribution in [-0.4, -0.2) is 60.3 Å². The van der Waals surface area contributed by atoms with E-state index in [-0.39, 0.29) is 42.1 Å². The topological polar surface area (TPSA) is 118 Å². The van der Waals surface area contributed by atoms with Gasteiger partial charge in [-0.15, -0.1) is 0 Å². The van der Waals surface area contributed by atoms with Crippen molar-refractivity contribution in [3.8, 4) is 22.9 Å². The third-order valence-corrected chi connectivity index (χ3v) is 6.99. The standard InChI is InChI=1S/C24H24F6N6O3S/c1-24(29,30)5-8-40(37,38)36-21-16(26)10-18(19(27)20(21)28)39-22-15(3-2-6-32-22)17-4-7-33-23(35-17)34-14-9-13(25)11-31-12-14/h2-4,6-7,10,13-14,31,36H,5,8-9,11-12H2,1H3,(H,33,34,35)/t13-,14?/m0/s1. The van der Waals surface area contributed by atoms with E-state index in [0.29, 0.717) is 19.5 Å². The first-order valence-electron chi connectivity index (χ1n) is 11.9. The van der Waals surface area contributed by atoms with Crippen LogP contribution in [0.25, 0.3) is 11.3 Å². The molecule has 9 nitrogen and oxygen atoms in total. The number of sulfonamides is 1. The van der Waals surface area contributed by atoms with Crippen LogP contribution in [0.15, 0.2) is 36.7 Å². The van der Waals surface area contributed by atoms with Gasteiger partial charge in [0.05, 0.1) is 17.0 Å². The Hall–Kier alpha value is -3.66. The Balaban J connectivity index is 1.57. The number of hydrogen-bond acceptors (Lipinski definition) is 8. The maximum Gasteiger partial charge on any atom is 0.246 e. The predicted octanol–water partition coefficient (Wildman–Crippen LogP) is 4.65. The first kappa shape index (κ1) is 29.3. The van der Waals surface area contributed by atoms with E-state index < -0.39 is 63.2 Å². The Kier molecular flexibility index (Phi) is 8.68. The van der Waals surface area contributed by atoms with Crippen LogP contribution in [0.1, 0.15) is 19.8 Å². The summed E-state index contributed by atoms with van der Waals surface area (Å²) in [6.45, 7) is 1.22. The Labute approximate surface area is 225 Å². The van der Waals surface area contributed by atoms with E-state index in [1.165, 1.54) is 35.3 Å². The van der Waals surface area contributed by atoms with Crippen LogP contribution in [0, 0.1) is 17.5 Å². The average Bonchev–Trinajstić information content (AvgIpc) is 2.89. The number of anilines is 2. The summed E-state index contributed by atoms with van der Waals surface area (Å²) in [5.74, 6) is -10.9. The van der Waals surface area contributed by atoms with E-state index in [1.54, 1.807) is 0 Å². The van der Waals surface area contributed by atoms with Gasteiger partial charge in [0.1, 0.15) is 11.9 Å². The maximum atomic E-state index is 14.8. The van der Waals surface area contributed by atoms with Gasteiger partial charge in [-0.1, -0.05) is 0 Å². The monoisotopic (exact) mass is 590 g/mol. The van der Waals surface area contributed by atoms with Crippen LogP contribution in [0.4, 0.5) is 38.0 Å². The Bertz CT molecular complexity index is 1470. The quantitative estimate of drug-likeness (QED) is 0.231. The normalized spacial score (nSPS) is 17.9. The summed E-state index contributed by atoms with van der Waals surface area (Å²) in [5.41, 5.74) is -0.965. The maximum absolute atomic E-state index is 14.8. The fraction of sp³-hybridized carbons (Fsp3) is 0.375.